The SMILES string of the molecule is Fc1ccccc1Cn1nc(-c2cc(Br)ccn2)nc1-c1nccs1.Fc1ccccc1Cn1nc(-c2ccccn2)nc1-c1ncccn1.Fc1ccccc1Cn1nc(-c2ccccn2)nc1-c1ncon1.Fc1ccccc1Cn1nc(-c2ncccn2)nc1-c1ccccn1.[C-]#[N+]c1nc(-c2ccccn2)nn1Cc1ccccc1F. The predicted octanol–water partition coefficient (Wildman–Crippen LogP) is 16.0. The number of halogens is 6. The second kappa shape index (κ2) is 38.5. The first kappa shape index (κ1) is 79.3. The molecule has 0 aliphatic rings. The number of hydrogen-bond donors (Lipinski definition) is 0. The number of benzene rings is 5. The zero-order chi connectivity index (χ0) is 82.4. The molecule has 0 atom stereocenters. The van der Waals surface area contributed by atoms with Crippen LogP contribution in [0.1, 0.15) is 27.8 Å². The molecule has 0 saturated carbocycles. The van der Waals surface area contributed by atoms with Crippen molar-refractivity contribution in [1.29, 1.82) is 0 Å². The normalized spacial score (nSPS) is 10.7. The molecule has 588 valence electrons. The summed E-state index contributed by atoms with van der Waals surface area (Å²) in [5, 5.41) is 28.6. The third-order valence-electron chi connectivity index (χ3n) is 17.1. The van der Waals surface area contributed by atoms with Gasteiger partial charge in [-0.1, -0.05) is 141 Å². The highest BCUT2D eigenvalue weighted by atomic mass is 79.9. The Hall–Kier alpha value is -15.9. The van der Waals surface area contributed by atoms with Gasteiger partial charge in [0.1, 0.15) is 64.1 Å². The van der Waals surface area contributed by atoms with Crippen molar-refractivity contribution in [2.24, 2.45) is 0 Å². The molecule has 19 rings (SSSR count). The molecule has 0 aliphatic heterocycles. The molecule has 5 aromatic carbocycles. The molecule has 120 heavy (non-hydrogen) atoms. The minimum absolute atomic E-state index is 0.110. The minimum atomic E-state index is -0.330. The van der Waals surface area contributed by atoms with Crippen LogP contribution in [-0.4, -0.2) is 134 Å². The Morgan fingerprint density at radius 2 is 0.667 bits per heavy atom. The number of pyridine rings is 5. The average Bonchev–Trinajstić information content (AvgIpc) is 1.69. The van der Waals surface area contributed by atoms with Gasteiger partial charge < -0.3 is 9.37 Å². The summed E-state index contributed by atoms with van der Waals surface area (Å²) in [5.74, 6) is 3.75. The third kappa shape index (κ3) is 19.9. The van der Waals surface area contributed by atoms with Crippen LogP contribution in [0.25, 0.3) is 108 Å². The van der Waals surface area contributed by atoms with Gasteiger partial charge in [0.2, 0.25) is 23.9 Å². The van der Waals surface area contributed by atoms with Gasteiger partial charge in [0.25, 0.3) is 5.82 Å². The maximum atomic E-state index is 14.0. The molecule has 0 unspecified atom stereocenters. The summed E-state index contributed by atoms with van der Waals surface area (Å²) in [5.41, 5.74) is 5.62. The Morgan fingerprint density at radius 3 is 1.08 bits per heavy atom. The molecule has 0 spiro atoms. The summed E-state index contributed by atoms with van der Waals surface area (Å²) in [4.78, 5) is 71.9. The van der Waals surface area contributed by atoms with E-state index in [0.717, 1.165) is 9.48 Å². The lowest BCUT2D eigenvalue weighted by Crippen LogP contribution is -2.07. The smallest absolute Gasteiger partial charge is 0.360 e. The minimum Gasteiger partial charge on any atom is -0.395 e. The molecule has 0 radical (unpaired) electrons. The first-order valence-electron chi connectivity index (χ1n) is 36.2. The van der Waals surface area contributed by atoms with Crippen molar-refractivity contribution in [3.8, 4) is 103 Å². The second-order valence-corrected chi connectivity index (χ2v) is 26.9. The second-order valence-electron chi connectivity index (χ2n) is 25.1. The van der Waals surface area contributed by atoms with Gasteiger partial charge in [0.15, 0.2) is 51.6 Å². The van der Waals surface area contributed by atoms with Crippen molar-refractivity contribution in [2.75, 3.05) is 0 Å². The van der Waals surface area contributed by atoms with Crippen LogP contribution < -0.4 is 0 Å². The molecule has 14 heterocycles. The summed E-state index contributed by atoms with van der Waals surface area (Å²) in [7, 11) is 0. The maximum absolute atomic E-state index is 14.0. The van der Waals surface area contributed by atoms with E-state index in [4.69, 9.17) is 11.1 Å². The quantitative estimate of drug-likeness (QED) is 0.0536. The van der Waals surface area contributed by atoms with Crippen molar-refractivity contribution >= 4 is 33.2 Å². The number of rotatable bonds is 19. The van der Waals surface area contributed by atoms with Gasteiger partial charge in [-0.2, -0.15) is 9.67 Å². The number of aromatic nitrogens is 27. The molecule has 0 amide bonds. The van der Waals surface area contributed by atoms with Crippen molar-refractivity contribution in [3.05, 3.63) is 365 Å². The van der Waals surface area contributed by atoms with Gasteiger partial charge in [-0.3, -0.25) is 24.9 Å². The molecular weight excluding hydrogens is 1620 g/mol. The summed E-state index contributed by atoms with van der Waals surface area (Å²) in [6.45, 7) is 8.24. The van der Waals surface area contributed by atoms with Crippen molar-refractivity contribution in [1.82, 2.24) is 134 Å². The zero-order valence-electron chi connectivity index (χ0n) is 62.4. The molecule has 19 aromatic rings. The zero-order valence-corrected chi connectivity index (χ0v) is 64.8. The molecule has 36 heteroatoms. The van der Waals surface area contributed by atoms with E-state index in [1.165, 1.54) is 57.4 Å². The number of nitrogens with zero attached hydrogens (tertiary/aromatic N) is 28. The predicted molar refractivity (Wildman–Crippen MR) is 434 cm³/mol. The fourth-order valence-electron chi connectivity index (χ4n) is 11.4. The lowest BCUT2D eigenvalue weighted by Gasteiger charge is -2.06. The Morgan fingerprint density at radius 1 is 0.308 bits per heavy atom. The van der Waals surface area contributed by atoms with E-state index >= 15 is 0 Å². The first-order valence-corrected chi connectivity index (χ1v) is 37.9. The number of hydrogen-bond acceptors (Lipinski definition) is 24. The van der Waals surface area contributed by atoms with Gasteiger partial charge >= 0.3 is 5.95 Å². The lowest BCUT2D eigenvalue weighted by molar-refractivity contribution is 0.418. The van der Waals surface area contributed by atoms with E-state index in [0.29, 0.717) is 120 Å². The molecule has 0 bridgehead atoms. The van der Waals surface area contributed by atoms with Crippen LogP contribution in [0.4, 0.5) is 27.9 Å². The third-order valence-corrected chi connectivity index (χ3v) is 18.3. The van der Waals surface area contributed by atoms with Crippen LogP contribution in [0.3, 0.4) is 0 Å². The fourth-order valence-corrected chi connectivity index (χ4v) is 12.4. The maximum Gasteiger partial charge on any atom is 0.360 e. The standard InChI is InChI=1S/2C18H13FN6.C17H11BrFN5S.C16H11FN6O.C15H10FN5/c19-14-7-2-1-6-13(14)12-25-18(15-8-3-4-9-20-15)23-17(24-25)16-21-10-5-11-22-16;19-14-7-2-1-6-13(14)12-25-18(17-21-10-5-11-22-17)23-16(24-25)15-8-3-4-9-20-15;18-12-5-6-20-14(9-12)15-22-16(17-21-7-8-25-17)24(23-15)10-11-3-1-2-4-13(11)19;17-12-6-2-1-5-11(12)9-23-16(15-19-10-24-22-15)20-14(21-23)13-7-3-4-8-18-13;1-17-15-19-14(13-8-4-5-9-18-13)20-21(15)10-11-6-2-3-7-12(11)16/h2*1-11H,12H2;1-9H,10H2;1-8,10H,9H2;2-9H,10H2. The van der Waals surface area contributed by atoms with Crippen molar-refractivity contribution in [3.63, 3.8) is 0 Å². The van der Waals surface area contributed by atoms with Crippen LogP contribution in [-0.2, 0) is 32.7 Å². The Labute approximate surface area is 690 Å². The van der Waals surface area contributed by atoms with E-state index in [2.05, 4.69) is 131 Å². The van der Waals surface area contributed by atoms with Crippen LogP contribution in [0, 0.1) is 35.7 Å². The van der Waals surface area contributed by atoms with Gasteiger partial charge in [-0.25, -0.2) is 85.5 Å². The Kier molecular flexibility index (Phi) is 25.4. The number of thiazole rings is 1. The van der Waals surface area contributed by atoms with Gasteiger partial charge in [0, 0.05) is 99.6 Å². The lowest BCUT2D eigenvalue weighted by atomic mass is 10.2. The van der Waals surface area contributed by atoms with Crippen LogP contribution in [0.2, 0.25) is 0 Å². The molecule has 0 N–H and O–H groups in total. The molecule has 0 fully saturated rings. The molecular formula is C84H58BrF5N28OS. The molecule has 0 saturated heterocycles. The monoisotopic (exact) mass is 1680 g/mol. The van der Waals surface area contributed by atoms with Crippen molar-refractivity contribution in [2.45, 2.75) is 32.7 Å². The first-order chi connectivity index (χ1) is 58.9. The van der Waals surface area contributed by atoms with Gasteiger partial charge in [0.05, 0.1) is 26.2 Å². The molecule has 14 aromatic heterocycles. The summed E-state index contributed by atoms with van der Waals surface area (Å²) in [6.07, 6.45) is 17.7. The summed E-state index contributed by atoms with van der Waals surface area (Å²) < 4.78 is 83.2. The summed E-state index contributed by atoms with van der Waals surface area (Å²) >= 11 is 4.88. The van der Waals surface area contributed by atoms with Crippen molar-refractivity contribution < 1.29 is 26.5 Å². The van der Waals surface area contributed by atoms with Gasteiger partial charge in [-0.05, 0) is 103 Å². The summed E-state index contributed by atoms with van der Waals surface area (Å²) in [6, 6.07) is 61.6. The average molecular weight is 1680 g/mol. The van der Waals surface area contributed by atoms with Gasteiger partial charge in [-0.15, -0.1) is 43.3 Å². The Balaban J connectivity index is 0.000000117. The van der Waals surface area contributed by atoms with E-state index in [1.54, 1.807) is 203 Å². The highest BCUT2D eigenvalue weighted by Gasteiger charge is 2.24. The van der Waals surface area contributed by atoms with E-state index < -0.39 is 0 Å². The van der Waals surface area contributed by atoms with E-state index in [9.17, 15) is 22.0 Å². The Bertz CT molecular complexity index is 6420. The van der Waals surface area contributed by atoms with Crippen LogP contribution in [0.15, 0.2) is 301 Å². The van der Waals surface area contributed by atoms with E-state index in [1.807, 2.05) is 66.0 Å². The highest BCUT2D eigenvalue weighted by Crippen LogP contribution is 2.29. The van der Waals surface area contributed by atoms with E-state index in [-0.39, 0.29) is 73.6 Å². The topological polar surface area (TPSA) is 326 Å². The van der Waals surface area contributed by atoms with Crippen LogP contribution >= 0.6 is 27.3 Å². The molecule has 0 aliphatic carbocycles. The fraction of sp³-hybridized carbons (Fsp3) is 0.0595. The largest absolute Gasteiger partial charge is 0.395 e. The van der Waals surface area contributed by atoms with Crippen LogP contribution in [0.5, 0.6) is 0 Å². The highest BCUT2D eigenvalue weighted by molar-refractivity contribution is 9.10. The molecule has 29 nitrogen and oxygen atoms in total.